The molecule has 0 rings (SSSR count). The largest absolute Gasteiger partial charge is 0.481 e. The van der Waals surface area contributed by atoms with Gasteiger partial charge in [0.25, 0.3) is 0 Å². The number of carbonyl (C=O) groups excluding carboxylic acids is 1. The molecule has 6 nitrogen and oxygen atoms in total. The molecule has 0 spiro atoms. The van der Waals surface area contributed by atoms with Crippen LogP contribution < -0.4 is 5.32 Å². The number of aliphatic carboxylic acids is 1. The molecule has 6 heteroatoms. The number of amides is 2. The maximum atomic E-state index is 11.5. The Morgan fingerprint density at radius 2 is 1.94 bits per heavy atom. The van der Waals surface area contributed by atoms with E-state index in [0.717, 1.165) is 25.9 Å². The molecule has 0 aromatic carbocycles. The zero-order chi connectivity index (χ0) is 13.8. The second-order valence-corrected chi connectivity index (χ2v) is 4.12. The van der Waals surface area contributed by atoms with Gasteiger partial charge in [-0.05, 0) is 12.8 Å². The molecule has 0 heterocycles. The summed E-state index contributed by atoms with van der Waals surface area (Å²) in [6.07, 6.45) is 2.90. The lowest BCUT2D eigenvalue weighted by Gasteiger charge is -2.16. The molecule has 0 bridgehead atoms. The summed E-state index contributed by atoms with van der Waals surface area (Å²) >= 11 is 0. The molecule has 0 atom stereocenters. The van der Waals surface area contributed by atoms with Gasteiger partial charge < -0.3 is 20.1 Å². The first-order chi connectivity index (χ1) is 8.57. The molecule has 0 aliphatic carbocycles. The summed E-state index contributed by atoms with van der Waals surface area (Å²) in [5, 5.41) is 11.2. The van der Waals surface area contributed by atoms with Crippen LogP contribution in [0.5, 0.6) is 0 Å². The smallest absolute Gasteiger partial charge is 0.317 e. The molecule has 0 saturated heterocycles. The van der Waals surface area contributed by atoms with E-state index >= 15 is 0 Å². The summed E-state index contributed by atoms with van der Waals surface area (Å²) in [6, 6.07) is -0.246. The van der Waals surface area contributed by atoms with Crippen LogP contribution in [0.15, 0.2) is 0 Å². The Morgan fingerprint density at radius 1 is 1.28 bits per heavy atom. The zero-order valence-corrected chi connectivity index (χ0v) is 11.3. The van der Waals surface area contributed by atoms with Crippen molar-refractivity contribution in [2.45, 2.75) is 32.6 Å². The van der Waals surface area contributed by atoms with E-state index in [1.165, 1.54) is 4.90 Å². The highest BCUT2D eigenvalue weighted by atomic mass is 16.5. The first-order valence-corrected chi connectivity index (χ1v) is 6.36. The summed E-state index contributed by atoms with van der Waals surface area (Å²) in [7, 11) is 1.58. The third-order valence-electron chi connectivity index (χ3n) is 2.39. The molecule has 0 aromatic heterocycles. The van der Waals surface area contributed by atoms with E-state index < -0.39 is 5.97 Å². The minimum atomic E-state index is -0.904. The van der Waals surface area contributed by atoms with Gasteiger partial charge in [-0.3, -0.25) is 4.79 Å². The van der Waals surface area contributed by atoms with Gasteiger partial charge in [0.15, 0.2) is 0 Å². The normalized spacial score (nSPS) is 10.1. The maximum Gasteiger partial charge on any atom is 0.317 e. The Hall–Kier alpha value is -1.30. The van der Waals surface area contributed by atoms with Gasteiger partial charge in [-0.25, -0.2) is 4.79 Å². The van der Waals surface area contributed by atoms with E-state index in [1.54, 1.807) is 7.05 Å². The van der Waals surface area contributed by atoms with E-state index in [-0.39, 0.29) is 19.0 Å². The lowest BCUT2D eigenvalue weighted by atomic mass is 10.3. The van der Waals surface area contributed by atoms with E-state index in [2.05, 4.69) is 12.2 Å². The van der Waals surface area contributed by atoms with Crippen molar-refractivity contribution in [3.8, 4) is 0 Å². The van der Waals surface area contributed by atoms with Crippen LogP contribution in [0.3, 0.4) is 0 Å². The fourth-order valence-corrected chi connectivity index (χ4v) is 1.22. The lowest BCUT2D eigenvalue weighted by Crippen LogP contribution is -2.39. The Bertz CT molecular complexity index is 246. The van der Waals surface area contributed by atoms with Crippen LogP contribution in [-0.4, -0.2) is 55.4 Å². The monoisotopic (exact) mass is 260 g/mol. The molecule has 2 N–H and O–H groups in total. The molecular formula is C12H24N2O4. The van der Waals surface area contributed by atoms with Crippen LogP contribution in [0.25, 0.3) is 0 Å². The molecule has 0 saturated carbocycles. The van der Waals surface area contributed by atoms with E-state index in [1.807, 2.05) is 0 Å². The molecule has 0 unspecified atom stereocenters. The number of nitrogens with one attached hydrogen (secondary N) is 1. The number of carboxylic acid groups (broad SMARTS) is 1. The molecule has 2 amide bonds. The third-order valence-corrected chi connectivity index (χ3v) is 2.39. The highest BCUT2D eigenvalue weighted by molar-refractivity contribution is 5.74. The maximum absolute atomic E-state index is 11.5. The van der Waals surface area contributed by atoms with Gasteiger partial charge in [0.05, 0.1) is 6.42 Å². The Labute approximate surface area is 108 Å². The van der Waals surface area contributed by atoms with Crippen molar-refractivity contribution in [3.05, 3.63) is 0 Å². The van der Waals surface area contributed by atoms with Crippen LogP contribution >= 0.6 is 0 Å². The molecule has 0 aliphatic heterocycles. The molecule has 18 heavy (non-hydrogen) atoms. The topological polar surface area (TPSA) is 78.9 Å². The third kappa shape index (κ3) is 9.89. The fourth-order valence-electron chi connectivity index (χ4n) is 1.22. The molecular weight excluding hydrogens is 236 g/mol. The lowest BCUT2D eigenvalue weighted by molar-refractivity contribution is -0.137. The number of unbranched alkanes of at least 4 members (excludes halogenated alkanes) is 1. The van der Waals surface area contributed by atoms with Crippen molar-refractivity contribution >= 4 is 12.0 Å². The predicted molar refractivity (Wildman–Crippen MR) is 68.6 cm³/mol. The second kappa shape index (κ2) is 10.8. The number of carboxylic acids is 1. The Morgan fingerprint density at radius 3 is 2.56 bits per heavy atom. The second-order valence-electron chi connectivity index (χ2n) is 4.12. The van der Waals surface area contributed by atoms with Gasteiger partial charge in [-0.2, -0.15) is 0 Å². The van der Waals surface area contributed by atoms with Gasteiger partial charge in [0.1, 0.15) is 0 Å². The molecule has 0 radical (unpaired) electrons. The highest BCUT2D eigenvalue weighted by Gasteiger charge is 2.08. The van der Waals surface area contributed by atoms with Gasteiger partial charge in [0, 0.05) is 33.4 Å². The van der Waals surface area contributed by atoms with Gasteiger partial charge in [-0.15, -0.1) is 0 Å². The zero-order valence-electron chi connectivity index (χ0n) is 11.3. The van der Waals surface area contributed by atoms with E-state index in [4.69, 9.17) is 9.84 Å². The van der Waals surface area contributed by atoms with E-state index in [0.29, 0.717) is 13.2 Å². The first kappa shape index (κ1) is 16.7. The van der Waals surface area contributed by atoms with Crippen LogP contribution in [0.1, 0.15) is 32.6 Å². The number of hydrogen-bond donors (Lipinski definition) is 2. The van der Waals surface area contributed by atoms with Crippen molar-refractivity contribution in [3.63, 3.8) is 0 Å². The summed E-state index contributed by atoms with van der Waals surface area (Å²) < 4.78 is 5.35. The van der Waals surface area contributed by atoms with Crippen LogP contribution in [0.4, 0.5) is 4.79 Å². The van der Waals surface area contributed by atoms with Crippen molar-refractivity contribution in [2.75, 3.05) is 33.4 Å². The van der Waals surface area contributed by atoms with Gasteiger partial charge in [0.2, 0.25) is 0 Å². The van der Waals surface area contributed by atoms with Crippen LogP contribution in [-0.2, 0) is 9.53 Å². The Kier molecular flexibility index (Phi) is 10.0. The molecule has 0 aromatic rings. The quantitative estimate of drug-likeness (QED) is 0.580. The molecule has 106 valence electrons. The van der Waals surface area contributed by atoms with E-state index in [9.17, 15) is 9.59 Å². The number of urea groups is 1. The Balaban J connectivity index is 3.43. The van der Waals surface area contributed by atoms with Crippen LogP contribution in [0, 0.1) is 0 Å². The average Bonchev–Trinajstić information content (AvgIpc) is 2.34. The molecule has 0 aliphatic rings. The minimum Gasteiger partial charge on any atom is -0.481 e. The van der Waals surface area contributed by atoms with Crippen molar-refractivity contribution in [1.82, 2.24) is 10.2 Å². The molecule has 0 fully saturated rings. The standard InChI is InChI=1S/C12H24N2O4/c1-3-4-9-18-10-5-7-13-12(17)14(2)8-6-11(15)16/h3-10H2,1-2H3,(H,13,17)(H,15,16). The highest BCUT2D eigenvalue weighted by Crippen LogP contribution is 1.91. The minimum absolute atomic E-state index is 0.0376. The van der Waals surface area contributed by atoms with Crippen LogP contribution in [0.2, 0.25) is 0 Å². The number of nitrogens with zero attached hydrogens (tertiary/aromatic N) is 1. The van der Waals surface area contributed by atoms with Crippen molar-refractivity contribution in [1.29, 1.82) is 0 Å². The first-order valence-electron chi connectivity index (χ1n) is 6.36. The number of ether oxygens (including phenoxy) is 1. The number of carbonyl (C=O) groups is 2. The fraction of sp³-hybridized carbons (Fsp3) is 0.833. The van der Waals surface area contributed by atoms with Gasteiger partial charge in [-0.1, -0.05) is 13.3 Å². The summed E-state index contributed by atoms with van der Waals surface area (Å²) in [4.78, 5) is 23.2. The SMILES string of the molecule is CCCCOCCCNC(=O)N(C)CCC(=O)O. The summed E-state index contributed by atoms with van der Waals surface area (Å²) in [6.45, 7) is 4.27. The predicted octanol–water partition coefficient (Wildman–Crippen LogP) is 1.31. The van der Waals surface area contributed by atoms with Gasteiger partial charge >= 0.3 is 12.0 Å². The summed E-state index contributed by atoms with van der Waals surface area (Å²) in [5.41, 5.74) is 0. The number of rotatable bonds is 10. The van der Waals surface area contributed by atoms with Crippen molar-refractivity contribution in [2.24, 2.45) is 0 Å². The summed E-state index contributed by atoms with van der Waals surface area (Å²) in [5.74, 6) is -0.904. The average molecular weight is 260 g/mol. The van der Waals surface area contributed by atoms with Crippen molar-refractivity contribution < 1.29 is 19.4 Å². The number of hydrogen-bond acceptors (Lipinski definition) is 3.